The van der Waals surface area contributed by atoms with Crippen LogP contribution in [0.4, 0.5) is 17.2 Å². The molecule has 0 unspecified atom stereocenters. The number of nitrogens with zero attached hydrogens (tertiary/aromatic N) is 4. The molecule has 0 bridgehead atoms. The molecule has 3 aromatic heterocycles. The van der Waals surface area contributed by atoms with Crippen LogP contribution < -0.4 is 9.64 Å². The Kier molecular flexibility index (Phi) is 6.63. The van der Waals surface area contributed by atoms with E-state index >= 15 is 0 Å². The summed E-state index contributed by atoms with van der Waals surface area (Å²) in [6, 6.07) is 44.1. The van der Waals surface area contributed by atoms with Gasteiger partial charge >= 0.3 is 21.1 Å². The second-order valence-corrected chi connectivity index (χ2v) is 11.0. The van der Waals surface area contributed by atoms with Gasteiger partial charge in [0, 0.05) is 35.1 Å². The van der Waals surface area contributed by atoms with Crippen LogP contribution in [0.5, 0.6) is 11.5 Å². The van der Waals surface area contributed by atoms with Gasteiger partial charge < -0.3 is 14.2 Å². The van der Waals surface area contributed by atoms with Crippen LogP contribution in [0, 0.1) is 12.1 Å². The quantitative estimate of drug-likeness (QED) is 0.169. The molecular weight excluding hydrogens is 712 g/mol. The summed E-state index contributed by atoms with van der Waals surface area (Å²) in [6.45, 7) is 4.51. The Balaban J connectivity index is 0.00000300. The minimum Gasteiger partial charge on any atom is -0.509 e. The molecule has 0 atom stereocenters. The third-order valence-corrected chi connectivity index (χ3v) is 8.15. The van der Waals surface area contributed by atoms with Gasteiger partial charge in [-0.2, -0.15) is 12.1 Å². The van der Waals surface area contributed by atoms with Crippen LogP contribution in [0.3, 0.4) is 0 Å². The van der Waals surface area contributed by atoms with Crippen molar-refractivity contribution in [3.05, 3.63) is 145 Å². The number of pyridine rings is 2. The molecular formula is C37H26N4OPt. The third-order valence-electron chi connectivity index (χ3n) is 8.15. The first kappa shape index (κ1) is 27.1. The number of rotatable bonds is 4. The number of anilines is 3. The van der Waals surface area contributed by atoms with Gasteiger partial charge in [0.15, 0.2) is 0 Å². The number of ether oxygens (including phenoxy) is 1. The van der Waals surface area contributed by atoms with Crippen LogP contribution in [0.15, 0.2) is 122 Å². The first-order valence-corrected chi connectivity index (χ1v) is 14.0. The smallest absolute Gasteiger partial charge is 0.509 e. The Morgan fingerprint density at radius 3 is 2.09 bits per heavy atom. The van der Waals surface area contributed by atoms with Gasteiger partial charge in [0.1, 0.15) is 11.6 Å². The first-order valence-electron chi connectivity index (χ1n) is 14.0. The monoisotopic (exact) mass is 737 g/mol. The van der Waals surface area contributed by atoms with Crippen LogP contribution in [0.2, 0.25) is 0 Å². The van der Waals surface area contributed by atoms with Crippen molar-refractivity contribution in [2.45, 2.75) is 19.3 Å². The Morgan fingerprint density at radius 1 is 0.628 bits per heavy atom. The molecule has 8 rings (SSSR count). The summed E-state index contributed by atoms with van der Waals surface area (Å²) in [5, 5.41) is 2.24. The zero-order valence-electron chi connectivity index (χ0n) is 23.6. The molecule has 0 aliphatic carbocycles. The Bertz CT molecular complexity index is 2110. The second kappa shape index (κ2) is 10.5. The summed E-state index contributed by atoms with van der Waals surface area (Å²) >= 11 is 0. The van der Waals surface area contributed by atoms with E-state index in [-0.39, 0.29) is 26.5 Å². The molecule has 0 N–H and O–H groups in total. The summed E-state index contributed by atoms with van der Waals surface area (Å²) in [6.07, 6.45) is 3.63. The number of hydrogen-bond acceptors (Lipinski definition) is 4. The SMILES string of the molecule is CC1(C)c2ccc(Oc3[c-]c4c(cc3)c3ccccc3n4-c3ccccn3)[c-]c2N(c2ccccn2)c2ccccc21.[Pt+2]. The van der Waals surface area contributed by atoms with Crippen molar-refractivity contribution in [1.82, 2.24) is 14.5 Å². The van der Waals surface area contributed by atoms with Gasteiger partial charge in [-0.05, 0) is 52.8 Å². The zero-order chi connectivity index (χ0) is 28.3. The fourth-order valence-electron chi connectivity index (χ4n) is 6.17. The molecule has 4 aromatic carbocycles. The average Bonchev–Trinajstić information content (AvgIpc) is 3.36. The molecule has 0 fully saturated rings. The van der Waals surface area contributed by atoms with Crippen LogP contribution in [-0.4, -0.2) is 14.5 Å². The van der Waals surface area contributed by atoms with E-state index < -0.39 is 0 Å². The standard InChI is InChI=1S/C37H26N4O.Pt/c1-37(2)29-12-4-6-14-32(29)41(36-16-8-10-22-39-36)34-24-26(18-20-30(34)37)42-25-17-19-28-27-11-3-5-13-31(27)40(33(28)23-25)35-15-7-9-21-38-35;/h3-22H,1-2H3;/q-2;+2. The van der Waals surface area contributed by atoms with E-state index in [1.807, 2.05) is 67.0 Å². The molecule has 7 aromatic rings. The third kappa shape index (κ3) is 4.35. The molecule has 43 heavy (non-hydrogen) atoms. The van der Waals surface area contributed by atoms with Crippen molar-refractivity contribution in [1.29, 1.82) is 0 Å². The summed E-state index contributed by atoms with van der Waals surface area (Å²) in [5.74, 6) is 2.90. The molecule has 0 spiro atoms. The van der Waals surface area contributed by atoms with Gasteiger partial charge in [-0.15, -0.1) is 35.2 Å². The topological polar surface area (TPSA) is 43.2 Å². The van der Waals surface area contributed by atoms with E-state index in [0.29, 0.717) is 11.5 Å². The van der Waals surface area contributed by atoms with Crippen molar-refractivity contribution < 1.29 is 25.8 Å². The number of benzene rings is 4. The Hall–Kier alpha value is -4.73. The molecule has 0 saturated carbocycles. The molecule has 1 aliphatic rings. The predicted molar refractivity (Wildman–Crippen MR) is 167 cm³/mol. The van der Waals surface area contributed by atoms with Gasteiger partial charge in [0.05, 0.1) is 0 Å². The van der Waals surface area contributed by atoms with Crippen LogP contribution in [0.1, 0.15) is 25.0 Å². The molecule has 4 heterocycles. The molecule has 0 saturated heterocycles. The Labute approximate surface area is 264 Å². The van der Waals surface area contributed by atoms with E-state index in [2.05, 4.69) is 95.0 Å². The van der Waals surface area contributed by atoms with Gasteiger partial charge in [-0.25, -0.2) is 9.97 Å². The van der Waals surface area contributed by atoms with Gasteiger partial charge in [0.2, 0.25) is 0 Å². The number of hydrogen-bond donors (Lipinski definition) is 0. The normalized spacial score (nSPS) is 13.3. The minimum atomic E-state index is -0.221. The largest absolute Gasteiger partial charge is 2.00 e. The maximum atomic E-state index is 6.49. The minimum absolute atomic E-state index is 0. The maximum Gasteiger partial charge on any atom is 2.00 e. The maximum absolute atomic E-state index is 6.49. The molecule has 1 aliphatic heterocycles. The Morgan fingerprint density at radius 2 is 1.30 bits per heavy atom. The van der Waals surface area contributed by atoms with Crippen molar-refractivity contribution in [3.8, 4) is 17.3 Å². The fourth-order valence-corrected chi connectivity index (χ4v) is 6.17. The summed E-state index contributed by atoms with van der Waals surface area (Å²) in [4.78, 5) is 11.5. The number of para-hydroxylation sites is 2. The summed E-state index contributed by atoms with van der Waals surface area (Å²) in [7, 11) is 0. The molecule has 5 nitrogen and oxygen atoms in total. The zero-order valence-corrected chi connectivity index (χ0v) is 25.8. The molecule has 6 heteroatoms. The first-order chi connectivity index (χ1) is 20.6. The summed E-state index contributed by atoms with van der Waals surface area (Å²) in [5.41, 5.74) is 6.19. The van der Waals surface area contributed by atoms with Crippen molar-refractivity contribution >= 4 is 39.0 Å². The average molecular weight is 738 g/mol. The van der Waals surface area contributed by atoms with Crippen LogP contribution >= 0.6 is 0 Å². The second-order valence-electron chi connectivity index (χ2n) is 11.0. The van der Waals surface area contributed by atoms with E-state index in [0.717, 1.165) is 50.4 Å². The van der Waals surface area contributed by atoms with Crippen molar-refractivity contribution in [2.24, 2.45) is 0 Å². The van der Waals surface area contributed by atoms with Crippen LogP contribution in [0.25, 0.3) is 27.6 Å². The summed E-state index contributed by atoms with van der Waals surface area (Å²) < 4.78 is 8.62. The fraction of sp³-hybridized carbons (Fsp3) is 0.0811. The van der Waals surface area contributed by atoms with Gasteiger partial charge in [0.25, 0.3) is 0 Å². The predicted octanol–water partition coefficient (Wildman–Crippen LogP) is 9.07. The number of aromatic nitrogens is 3. The van der Waals surface area contributed by atoms with Gasteiger partial charge in [-0.3, -0.25) is 0 Å². The molecule has 210 valence electrons. The van der Waals surface area contributed by atoms with Gasteiger partial charge in [-0.1, -0.05) is 73.6 Å². The van der Waals surface area contributed by atoms with E-state index in [4.69, 9.17) is 9.72 Å². The van der Waals surface area contributed by atoms with E-state index in [1.54, 1.807) is 0 Å². The van der Waals surface area contributed by atoms with E-state index in [1.165, 1.54) is 5.56 Å². The van der Waals surface area contributed by atoms with E-state index in [9.17, 15) is 0 Å². The van der Waals surface area contributed by atoms with Crippen LogP contribution in [-0.2, 0) is 26.5 Å². The number of fused-ring (bicyclic) bond motifs is 5. The molecule has 0 amide bonds. The van der Waals surface area contributed by atoms with Crippen molar-refractivity contribution in [2.75, 3.05) is 4.90 Å². The van der Waals surface area contributed by atoms with Crippen molar-refractivity contribution in [3.63, 3.8) is 0 Å². The molecule has 0 radical (unpaired) electrons.